The van der Waals surface area contributed by atoms with E-state index in [0.717, 1.165) is 6.42 Å². The quantitative estimate of drug-likeness (QED) is 0.604. The molecule has 0 saturated heterocycles. The maximum absolute atomic E-state index is 2.25. The molecule has 0 aromatic heterocycles. The van der Waals surface area contributed by atoms with Crippen LogP contribution in [0.3, 0.4) is 0 Å². The van der Waals surface area contributed by atoms with Crippen LogP contribution in [0, 0.1) is 0 Å². The van der Waals surface area contributed by atoms with E-state index in [2.05, 4.69) is 76.2 Å². The van der Waals surface area contributed by atoms with Crippen molar-refractivity contribution >= 4 is 0 Å². The number of benzene rings is 2. The van der Waals surface area contributed by atoms with Crippen molar-refractivity contribution < 1.29 is 0 Å². The van der Waals surface area contributed by atoms with Crippen LogP contribution in [-0.4, -0.2) is 0 Å². The van der Waals surface area contributed by atoms with Crippen molar-refractivity contribution in [1.29, 1.82) is 0 Å². The van der Waals surface area contributed by atoms with Crippen LogP contribution in [-0.2, 0) is 11.8 Å². The number of aryl methyl sites for hydroxylation is 1. The van der Waals surface area contributed by atoms with E-state index in [0.29, 0.717) is 0 Å². The largest absolute Gasteiger partial charge is 0.0683 e. The first kappa shape index (κ1) is 16.5. The third-order valence-electron chi connectivity index (χ3n) is 3.45. The molecule has 108 valence electrons. The van der Waals surface area contributed by atoms with E-state index in [1.54, 1.807) is 0 Å². The SMILES string of the molecule is CC.CCc1ccc(-c2ccc(C(C)(C)C)cc2)cc1. The fraction of sp³-hybridized carbons (Fsp3) is 0.400. The average molecular weight is 268 g/mol. The minimum Gasteiger partial charge on any atom is -0.0683 e. The molecule has 2 rings (SSSR count). The molecule has 0 bridgehead atoms. The van der Waals surface area contributed by atoms with Gasteiger partial charge < -0.3 is 0 Å². The fourth-order valence-electron chi connectivity index (χ4n) is 2.10. The molecule has 0 aliphatic heterocycles. The summed E-state index contributed by atoms with van der Waals surface area (Å²) in [7, 11) is 0. The molecule has 2 aromatic rings. The Kier molecular flexibility index (Phi) is 6.01. The highest BCUT2D eigenvalue weighted by atomic mass is 14.2. The van der Waals surface area contributed by atoms with Crippen LogP contribution in [0.1, 0.15) is 52.7 Å². The topological polar surface area (TPSA) is 0 Å². The van der Waals surface area contributed by atoms with Gasteiger partial charge in [-0.1, -0.05) is 90.1 Å². The van der Waals surface area contributed by atoms with Gasteiger partial charge in [0.2, 0.25) is 0 Å². The van der Waals surface area contributed by atoms with E-state index in [-0.39, 0.29) is 5.41 Å². The van der Waals surface area contributed by atoms with Crippen LogP contribution in [0.5, 0.6) is 0 Å². The minimum absolute atomic E-state index is 0.227. The molecule has 0 atom stereocenters. The zero-order chi connectivity index (χ0) is 15.2. The summed E-state index contributed by atoms with van der Waals surface area (Å²) in [5.41, 5.74) is 5.60. The zero-order valence-electron chi connectivity index (χ0n) is 13.8. The Bertz CT molecular complexity index is 495. The van der Waals surface area contributed by atoms with Crippen LogP contribution in [0.4, 0.5) is 0 Å². The Hall–Kier alpha value is -1.56. The van der Waals surface area contributed by atoms with Crippen molar-refractivity contribution in [2.24, 2.45) is 0 Å². The zero-order valence-corrected chi connectivity index (χ0v) is 13.8. The van der Waals surface area contributed by atoms with Gasteiger partial charge in [-0.05, 0) is 34.1 Å². The summed E-state index contributed by atoms with van der Waals surface area (Å²) >= 11 is 0. The summed E-state index contributed by atoms with van der Waals surface area (Å²) in [6.45, 7) is 12.9. The van der Waals surface area contributed by atoms with Crippen molar-refractivity contribution in [3.05, 3.63) is 59.7 Å². The first-order valence-corrected chi connectivity index (χ1v) is 7.70. The van der Waals surface area contributed by atoms with Gasteiger partial charge in [-0.3, -0.25) is 0 Å². The molecule has 0 radical (unpaired) electrons. The predicted molar refractivity (Wildman–Crippen MR) is 91.3 cm³/mol. The summed E-state index contributed by atoms with van der Waals surface area (Å²) in [6, 6.07) is 17.8. The number of rotatable bonds is 2. The molecule has 0 saturated carbocycles. The Balaban J connectivity index is 0.000000956. The van der Waals surface area contributed by atoms with Crippen molar-refractivity contribution in [3.8, 4) is 11.1 Å². The van der Waals surface area contributed by atoms with E-state index >= 15 is 0 Å². The molecule has 0 aliphatic rings. The normalized spacial score (nSPS) is 10.7. The number of hydrogen-bond acceptors (Lipinski definition) is 0. The molecular weight excluding hydrogens is 240 g/mol. The van der Waals surface area contributed by atoms with E-state index in [9.17, 15) is 0 Å². The van der Waals surface area contributed by atoms with Gasteiger partial charge >= 0.3 is 0 Å². The van der Waals surface area contributed by atoms with Gasteiger partial charge in [0.1, 0.15) is 0 Å². The summed E-state index contributed by atoms with van der Waals surface area (Å²) in [5.74, 6) is 0. The average Bonchev–Trinajstić information content (AvgIpc) is 2.49. The highest BCUT2D eigenvalue weighted by Gasteiger charge is 2.12. The van der Waals surface area contributed by atoms with Crippen LogP contribution in [0.15, 0.2) is 48.5 Å². The lowest BCUT2D eigenvalue weighted by Crippen LogP contribution is -2.10. The van der Waals surface area contributed by atoms with E-state index in [1.165, 1.54) is 22.3 Å². The maximum atomic E-state index is 2.25. The Labute approximate surface area is 124 Å². The Morgan fingerprint density at radius 2 is 1.10 bits per heavy atom. The summed E-state index contributed by atoms with van der Waals surface area (Å²) in [4.78, 5) is 0. The van der Waals surface area contributed by atoms with Gasteiger partial charge in [0.15, 0.2) is 0 Å². The second-order valence-corrected chi connectivity index (χ2v) is 5.88. The molecule has 0 N–H and O–H groups in total. The lowest BCUT2D eigenvalue weighted by Gasteiger charge is -2.19. The lowest BCUT2D eigenvalue weighted by atomic mass is 9.86. The van der Waals surface area contributed by atoms with Crippen molar-refractivity contribution in [2.45, 2.75) is 53.4 Å². The molecule has 0 amide bonds. The monoisotopic (exact) mass is 268 g/mol. The van der Waals surface area contributed by atoms with Crippen LogP contribution in [0.2, 0.25) is 0 Å². The molecule has 0 spiro atoms. The lowest BCUT2D eigenvalue weighted by molar-refractivity contribution is 0.590. The molecule has 0 heteroatoms. The molecule has 0 heterocycles. The van der Waals surface area contributed by atoms with Crippen molar-refractivity contribution in [1.82, 2.24) is 0 Å². The summed E-state index contributed by atoms with van der Waals surface area (Å²) in [5, 5.41) is 0. The third kappa shape index (κ3) is 4.23. The van der Waals surface area contributed by atoms with Crippen molar-refractivity contribution in [3.63, 3.8) is 0 Å². The first-order chi connectivity index (χ1) is 9.50. The van der Waals surface area contributed by atoms with E-state index < -0.39 is 0 Å². The predicted octanol–water partition coefficient (Wildman–Crippen LogP) is 6.24. The third-order valence-corrected chi connectivity index (χ3v) is 3.45. The second-order valence-electron chi connectivity index (χ2n) is 5.88. The molecule has 0 aliphatic carbocycles. The van der Waals surface area contributed by atoms with Gasteiger partial charge in [-0.2, -0.15) is 0 Å². The van der Waals surface area contributed by atoms with Crippen LogP contribution in [0.25, 0.3) is 11.1 Å². The highest BCUT2D eigenvalue weighted by Crippen LogP contribution is 2.26. The molecule has 20 heavy (non-hydrogen) atoms. The summed E-state index contributed by atoms with van der Waals surface area (Å²) in [6.07, 6.45) is 1.10. The smallest absolute Gasteiger partial charge is 0.0132 e. The Morgan fingerprint density at radius 1 is 0.700 bits per heavy atom. The fourth-order valence-corrected chi connectivity index (χ4v) is 2.10. The van der Waals surface area contributed by atoms with Gasteiger partial charge in [-0.15, -0.1) is 0 Å². The molecule has 0 nitrogen and oxygen atoms in total. The van der Waals surface area contributed by atoms with Crippen LogP contribution < -0.4 is 0 Å². The van der Waals surface area contributed by atoms with E-state index in [1.807, 2.05) is 13.8 Å². The standard InChI is InChI=1S/C18H22.C2H6/c1-5-14-6-8-15(9-7-14)16-10-12-17(13-11-16)18(2,3)4;1-2/h6-13H,5H2,1-4H3;1-2H3. The molecular formula is C20H28. The van der Waals surface area contributed by atoms with Gasteiger partial charge in [0, 0.05) is 0 Å². The van der Waals surface area contributed by atoms with E-state index in [4.69, 9.17) is 0 Å². The highest BCUT2D eigenvalue weighted by molar-refractivity contribution is 5.64. The van der Waals surface area contributed by atoms with Gasteiger partial charge in [0.05, 0.1) is 0 Å². The van der Waals surface area contributed by atoms with Crippen molar-refractivity contribution in [2.75, 3.05) is 0 Å². The van der Waals surface area contributed by atoms with Gasteiger partial charge in [0.25, 0.3) is 0 Å². The Morgan fingerprint density at radius 3 is 1.45 bits per heavy atom. The number of hydrogen-bond donors (Lipinski definition) is 0. The minimum atomic E-state index is 0.227. The van der Waals surface area contributed by atoms with Crippen LogP contribution >= 0.6 is 0 Å². The molecule has 2 aromatic carbocycles. The summed E-state index contributed by atoms with van der Waals surface area (Å²) < 4.78 is 0. The van der Waals surface area contributed by atoms with Gasteiger partial charge in [-0.25, -0.2) is 0 Å². The molecule has 0 fully saturated rings. The maximum Gasteiger partial charge on any atom is -0.0132 e. The second kappa shape index (κ2) is 7.28. The first-order valence-electron chi connectivity index (χ1n) is 7.70. The molecule has 0 unspecified atom stereocenters.